The Morgan fingerprint density at radius 2 is 1.76 bits per heavy atom. The molecule has 0 radical (unpaired) electrons. The Kier molecular flexibility index (Phi) is 8.45. The second-order valence-corrected chi connectivity index (χ2v) is 7.79. The first-order valence-electron chi connectivity index (χ1n) is 6.18. The first-order valence-corrected chi connectivity index (χ1v) is 7.58. The fraction of sp³-hybridized carbons (Fsp3) is 0.769. The maximum absolute atomic E-state index is 10.8. The molecule has 0 aromatic heterocycles. The molecule has 1 N–H and O–H groups in total. The number of nitrogens with one attached hydrogen (secondary N) is 1. The zero-order valence-electron chi connectivity index (χ0n) is 11.9. The first kappa shape index (κ1) is 16.6. The van der Waals surface area contributed by atoms with Crippen molar-refractivity contribution in [3.8, 4) is 0 Å². The summed E-state index contributed by atoms with van der Waals surface area (Å²) in [7, 11) is -0.353. The van der Waals surface area contributed by atoms with Gasteiger partial charge in [-0.1, -0.05) is 27.7 Å². The van der Waals surface area contributed by atoms with Gasteiger partial charge in [-0.25, -0.2) is 0 Å². The van der Waals surface area contributed by atoms with Gasteiger partial charge in [-0.15, -0.1) is 0 Å². The van der Waals surface area contributed by atoms with Crippen LogP contribution in [0.1, 0.15) is 41.5 Å². The van der Waals surface area contributed by atoms with Crippen LogP contribution >= 0.6 is 8.15 Å². The van der Waals surface area contributed by atoms with E-state index in [1.54, 1.807) is 13.0 Å². The molecule has 0 aliphatic heterocycles. The molecule has 0 aromatic carbocycles. The van der Waals surface area contributed by atoms with Gasteiger partial charge in [0.05, 0.1) is 6.61 Å². The molecule has 0 aliphatic rings. The predicted molar refractivity (Wildman–Crippen MR) is 75.6 cm³/mol. The van der Waals surface area contributed by atoms with Crippen molar-refractivity contribution < 1.29 is 9.32 Å². The lowest BCUT2D eigenvalue weighted by atomic mass is 10.3. The van der Waals surface area contributed by atoms with E-state index in [1.807, 2.05) is 6.92 Å². The summed E-state index contributed by atoms with van der Waals surface area (Å²) in [6.07, 6.45) is 1.60. The Balaban J connectivity index is 3.87. The summed E-state index contributed by atoms with van der Waals surface area (Å²) in [5.74, 6) is 0.0718. The summed E-state index contributed by atoms with van der Waals surface area (Å²) in [4.78, 5) is 10.8. The van der Waals surface area contributed by atoms with Crippen molar-refractivity contribution in [2.24, 2.45) is 0 Å². The Morgan fingerprint density at radius 1 is 1.24 bits per heavy atom. The fourth-order valence-electron chi connectivity index (χ4n) is 1.65. The summed E-state index contributed by atoms with van der Waals surface area (Å²) < 4.78 is 5.91. The normalized spacial score (nSPS) is 12.6. The van der Waals surface area contributed by atoms with Crippen molar-refractivity contribution in [3.63, 3.8) is 0 Å². The maximum atomic E-state index is 10.8. The highest BCUT2D eigenvalue weighted by molar-refractivity contribution is 7.54. The third-order valence-corrected chi connectivity index (χ3v) is 4.70. The minimum Gasteiger partial charge on any atom is -0.386 e. The van der Waals surface area contributed by atoms with Crippen LogP contribution in [-0.4, -0.2) is 30.3 Å². The topological polar surface area (TPSA) is 38.3 Å². The molecule has 100 valence electrons. The van der Waals surface area contributed by atoms with Gasteiger partial charge >= 0.3 is 0 Å². The van der Waals surface area contributed by atoms with Crippen LogP contribution in [0.2, 0.25) is 0 Å². The molecular weight excluding hydrogens is 233 g/mol. The number of hydrogen-bond acceptors (Lipinski definition) is 3. The molecule has 0 atom stereocenters. The van der Waals surface area contributed by atoms with Crippen molar-refractivity contribution in [2.45, 2.75) is 52.9 Å². The van der Waals surface area contributed by atoms with E-state index in [-0.39, 0.29) is 13.9 Å². The molecule has 0 spiro atoms. The van der Waals surface area contributed by atoms with Gasteiger partial charge in [0.15, 0.2) is 5.78 Å². The van der Waals surface area contributed by atoms with Crippen molar-refractivity contribution >= 4 is 13.9 Å². The van der Waals surface area contributed by atoms with Crippen LogP contribution in [0.4, 0.5) is 0 Å². The van der Waals surface area contributed by atoms with E-state index in [2.05, 4.69) is 33.0 Å². The zero-order chi connectivity index (χ0) is 13.4. The molecule has 3 nitrogen and oxygen atoms in total. The lowest BCUT2D eigenvalue weighted by Crippen LogP contribution is -2.19. The summed E-state index contributed by atoms with van der Waals surface area (Å²) in [5.41, 5.74) is 2.09. The van der Waals surface area contributed by atoms with E-state index in [0.29, 0.717) is 17.9 Å². The number of hydrogen-bond donors (Lipinski definition) is 1. The van der Waals surface area contributed by atoms with Crippen LogP contribution in [0.15, 0.2) is 11.8 Å². The Hall–Kier alpha value is -0.400. The molecule has 0 amide bonds. The van der Waals surface area contributed by atoms with Crippen molar-refractivity contribution in [1.29, 1.82) is 0 Å². The number of allylic oxidation sites excluding steroid dienone is 2. The molecule has 0 aliphatic carbocycles. The van der Waals surface area contributed by atoms with Crippen LogP contribution in [-0.2, 0) is 9.32 Å². The van der Waals surface area contributed by atoms with Gasteiger partial charge in [0.25, 0.3) is 0 Å². The third-order valence-electron chi connectivity index (χ3n) is 2.18. The van der Waals surface area contributed by atoms with Gasteiger partial charge < -0.3 is 9.84 Å². The molecule has 0 saturated carbocycles. The largest absolute Gasteiger partial charge is 0.386 e. The molecule has 0 saturated heterocycles. The van der Waals surface area contributed by atoms with E-state index >= 15 is 0 Å². The standard InChI is InChI=1S/C13H26NO2P/c1-10(2)17(11(3)4)16-8-7-14-12(5)9-13(6)15/h9-11,14H,7-8H2,1-6H3/b12-9-. The van der Waals surface area contributed by atoms with Crippen LogP contribution in [0.25, 0.3) is 0 Å². The lowest BCUT2D eigenvalue weighted by molar-refractivity contribution is -0.112. The highest BCUT2D eigenvalue weighted by Crippen LogP contribution is 2.46. The van der Waals surface area contributed by atoms with Gasteiger partial charge in [0.1, 0.15) is 0 Å². The molecule has 0 bridgehead atoms. The van der Waals surface area contributed by atoms with Crippen LogP contribution in [0.5, 0.6) is 0 Å². The average Bonchev–Trinajstić information content (AvgIpc) is 2.14. The molecule has 0 heterocycles. The SMILES string of the molecule is CC(=O)/C=C(/C)NCCOP(C(C)C)C(C)C. The summed E-state index contributed by atoms with van der Waals surface area (Å²) in [6.45, 7) is 13.7. The predicted octanol–water partition coefficient (Wildman–Crippen LogP) is 3.30. The molecule has 0 aromatic rings. The Labute approximate surface area is 107 Å². The summed E-state index contributed by atoms with van der Waals surface area (Å²) in [6, 6.07) is 0. The summed E-state index contributed by atoms with van der Waals surface area (Å²) >= 11 is 0. The molecule has 0 fully saturated rings. The van der Waals surface area contributed by atoms with E-state index in [0.717, 1.165) is 12.2 Å². The minimum absolute atomic E-state index is 0.0718. The highest BCUT2D eigenvalue weighted by Gasteiger charge is 2.17. The van der Waals surface area contributed by atoms with Crippen molar-refractivity contribution in [1.82, 2.24) is 5.32 Å². The molecule has 17 heavy (non-hydrogen) atoms. The molecular formula is C13H26NO2P. The van der Waals surface area contributed by atoms with Crippen LogP contribution in [0, 0.1) is 0 Å². The smallest absolute Gasteiger partial charge is 0.154 e. The van der Waals surface area contributed by atoms with E-state index in [9.17, 15) is 4.79 Å². The number of carbonyl (C=O) groups is 1. The monoisotopic (exact) mass is 259 g/mol. The second kappa shape index (κ2) is 8.66. The highest BCUT2D eigenvalue weighted by atomic mass is 31.1. The Morgan fingerprint density at radius 3 is 2.18 bits per heavy atom. The first-order chi connectivity index (χ1) is 7.84. The third kappa shape index (κ3) is 8.34. The number of carbonyl (C=O) groups excluding carboxylic acids is 1. The van der Waals surface area contributed by atoms with E-state index in [1.165, 1.54) is 0 Å². The number of ketones is 1. The van der Waals surface area contributed by atoms with Crippen LogP contribution < -0.4 is 5.32 Å². The quantitative estimate of drug-likeness (QED) is 0.413. The molecule has 0 rings (SSSR count). The van der Waals surface area contributed by atoms with Gasteiger partial charge in [-0.3, -0.25) is 4.79 Å². The van der Waals surface area contributed by atoms with E-state index in [4.69, 9.17) is 4.52 Å². The molecule has 0 unspecified atom stereocenters. The maximum Gasteiger partial charge on any atom is 0.154 e. The zero-order valence-corrected chi connectivity index (χ0v) is 12.8. The summed E-state index contributed by atoms with van der Waals surface area (Å²) in [5, 5.41) is 3.17. The average molecular weight is 259 g/mol. The van der Waals surface area contributed by atoms with Crippen LogP contribution in [0.3, 0.4) is 0 Å². The second-order valence-electron chi connectivity index (χ2n) is 4.75. The molecule has 4 heteroatoms. The van der Waals surface area contributed by atoms with Gasteiger partial charge in [0.2, 0.25) is 0 Å². The van der Waals surface area contributed by atoms with Crippen molar-refractivity contribution in [2.75, 3.05) is 13.2 Å². The van der Waals surface area contributed by atoms with Crippen molar-refractivity contribution in [3.05, 3.63) is 11.8 Å². The van der Waals surface area contributed by atoms with Gasteiger partial charge in [-0.05, 0) is 31.2 Å². The lowest BCUT2D eigenvalue weighted by Gasteiger charge is -2.25. The fourth-order valence-corrected chi connectivity index (χ4v) is 3.74. The Bertz CT molecular complexity index is 254. The van der Waals surface area contributed by atoms with Gasteiger partial charge in [-0.2, -0.15) is 0 Å². The number of rotatable bonds is 8. The van der Waals surface area contributed by atoms with E-state index < -0.39 is 0 Å². The minimum atomic E-state index is -0.353. The van der Waals surface area contributed by atoms with Gasteiger partial charge in [0, 0.05) is 20.4 Å².